The van der Waals surface area contributed by atoms with Crippen LogP contribution in [0.4, 0.5) is 0 Å². The summed E-state index contributed by atoms with van der Waals surface area (Å²) in [5.41, 5.74) is 2.39. The van der Waals surface area contributed by atoms with Crippen LogP contribution in [0.2, 0.25) is 0 Å². The minimum Gasteiger partial charge on any atom is -0.411 e. The number of fused-ring (bicyclic) bond motifs is 2. The van der Waals surface area contributed by atoms with Crippen molar-refractivity contribution >= 4 is 5.71 Å². The molecule has 3 nitrogen and oxygen atoms in total. The fourth-order valence-corrected chi connectivity index (χ4v) is 3.25. The van der Waals surface area contributed by atoms with E-state index in [1.807, 2.05) is 0 Å². The second kappa shape index (κ2) is 4.49. The molecule has 0 radical (unpaired) electrons. The van der Waals surface area contributed by atoms with Crippen molar-refractivity contribution in [2.75, 3.05) is 13.1 Å². The van der Waals surface area contributed by atoms with Crippen LogP contribution in [-0.4, -0.2) is 28.9 Å². The molecule has 1 N–H and O–H groups in total. The Morgan fingerprint density at radius 3 is 2.82 bits per heavy atom. The molecule has 1 saturated heterocycles. The van der Waals surface area contributed by atoms with Gasteiger partial charge in [-0.2, -0.15) is 0 Å². The van der Waals surface area contributed by atoms with Crippen LogP contribution in [0.15, 0.2) is 35.5 Å². The molecule has 2 atom stereocenters. The molecule has 2 aliphatic rings. The summed E-state index contributed by atoms with van der Waals surface area (Å²) in [4.78, 5) is 2.49. The second-order valence-electron chi connectivity index (χ2n) is 5.27. The van der Waals surface area contributed by atoms with E-state index in [4.69, 9.17) is 5.21 Å². The molecule has 1 saturated carbocycles. The molecule has 2 unspecified atom stereocenters. The first-order valence-electron chi connectivity index (χ1n) is 6.32. The summed E-state index contributed by atoms with van der Waals surface area (Å²) >= 11 is 0. The molecule has 2 fully saturated rings. The quantitative estimate of drug-likeness (QED) is 0.625. The predicted molar refractivity (Wildman–Crippen MR) is 67.2 cm³/mol. The Morgan fingerprint density at radius 1 is 1.24 bits per heavy atom. The average molecular weight is 230 g/mol. The SMILES string of the molecule is O/N=C1\CC2CC1CN(Cc1ccccc1)C2. The number of oxime groups is 1. The van der Waals surface area contributed by atoms with Crippen molar-refractivity contribution in [1.29, 1.82) is 0 Å². The number of nitrogens with zero attached hydrogens (tertiary/aromatic N) is 2. The van der Waals surface area contributed by atoms with E-state index in [2.05, 4.69) is 40.4 Å². The standard InChI is InChI=1S/C14H18N2O/c17-15-14-7-12-6-13(14)10-16(9-12)8-11-4-2-1-3-5-11/h1-5,12-13,17H,6-10H2/b15-14+. The number of likely N-dealkylation sites (tertiary alicyclic amines) is 1. The molecule has 1 aliphatic heterocycles. The summed E-state index contributed by atoms with van der Waals surface area (Å²) in [5, 5.41) is 12.4. The lowest BCUT2D eigenvalue weighted by Gasteiger charge is -2.31. The lowest BCUT2D eigenvalue weighted by Crippen LogP contribution is -2.36. The van der Waals surface area contributed by atoms with Gasteiger partial charge >= 0.3 is 0 Å². The van der Waals surface area contributed by atoms with E-state index in [-0.39, 0.29) is 0 Å². The first-order valence-corrected chi connectivity index (χ1v) is 6.32. The van der Waals surface area contributed by atoms with Crippen molar-refractivity contribution in [3.8, 4) is 0 Å². The largest absolute Gasteiger partial charge is 0.411 e. The third-order valence-corrected chi connectivity index (χ3v) is 3.96. The Kier molecular flexibility index (Phi) is 2.85. The van der Waals surface area contributed by atoms with Gasteiger partial charge in [0.05, 0.1) is 5.71 Å². The molecule has 17 heavy (non-hydrogen) atoms. The van der Waals surface area contributed by atoms with Gasteiger partial charge in [0.1, 0.15) is 0 Å². The van der Waals surface area contributed by atoms with Crippen LogP contribution >= 0.6 is 0 Å². The van der Waals surface area contributed by atoms with E-state index in [1.165, 1.54) is 12.0 Å². The highest BCUT2D eigenvalue weighted by atomic mass is 16.4. The lowest BCUT2D eigenvalue weighted by molar-refractivity contribution is 0.167. The molecule has 1 aromatic rings. The zero-order valence-electron chi connectivity index (χ0n) is 9.92. The summed E-state index contributed by atoms with van der Waals surface area (Å²) in [6, 6.07) is 10.6. The van der Waals surface area contributed by atoms with Gasteiger partial charge in [-0.3, -0.25) is 4.90 Å². The van der Waals surface area contributed by atoms with Crippen LogP contribution in [0.1, 0.15) is 18.4 Å². The van der Waals surface area contributed by atoms with Gasteiger partial charge in [0, 0.05) is 25.6 Å². The third-order valence-electron chi connectivity index (χ3n) is 3.96. The van der Waals surface area contributed by atoms with E-state index in [0.717, 1.165) is 31.8 Å². The van der Waals surface area contributed by atoms with Crippen LogP contribution in [0.3, 0.4) is 0 Å². The average Bonchev–Trinajstić information content (AvgIpc) is 2.65. The molecule has 0 aromatic heterocycles. The van der Waals surface area contributed by atoms with Gasteiger partial charge in [-0.1, -0.05) is 35.5 Å². The molecule has 1 aliphatic carbocycles. The fourth-order valence-electron chi connectivity index (χ4n) is 3.25. The second-order valence-corrected chi connectivity index (χ2v) is 5.27. The zero-order valence-corrected chi connectivity index (χ0v) is 9.92. The summed E-state index contributed by atoms with van der Waals surface area (Å²) in [5.74, 6) is 1.19. The van der Waals surface area contributed by atoms with Crippen molar-refractivity contribution in [2.24, 2.45) is 17.0 Å². The topological polar surface area (TPSA) is 35.8 Å². The maximum absolute atomic E-state index is 8.96. The first-order chi connectivity index (χ1) is 8.35. The van der Waals surface area contributed by atoms with Gasteiger partial charge in [0.2, 0.25) is 0 Å². The molecule has 90 valence electrons. The van der Waals surface area contributed by atoms with Crippen LogP contribution < -0.4 is 0 Å². The Hall–Kier alpha value is -1.35. The van der Waals surface area contributed by atoms with Crippen molar-refractivity contribution in [2.45, 2.75) is 19.4 Å². The molecule has 0 amide bonds. The minimum atomic E-state index is 0.488. The van der Waals surface area contributed by atoms with Crippen LogP contribution in [-0.2, 0) is 6.54 Å². The highest BCUT2D eigenvalue weighted by Crippen LogP contribution is 2.35. The normalized spacial score (nSPS) is 30.9. The Bertz CT molecular complexity index is 415. The smallest absolute Gasteiger partial charge is 0.0617 e. The third kappa shape index (κ3) is 2.20. The molecule has 3 rings (SSSR count). The first kappa shape index (κ1) is 10.8. The summed E-state index contributed by atoms with van der Waals surface area (Å²) in [6.45, 7) is 3.21. The monoisotopic (exact) mass is 230 g/mol. The number of benzene rings is 1. The maximum atomic E-state index is 8.96. The molecule has 3 heteroatoms. The van der Waals surface area contributed by atoms with Crippen LogP contribution in [0, 0.1) is 11.8 Å². The van der Waals surface area contributed by atoms with Gasteiger partial charge in [-0.05, 0) is 24.3 Å². The van der Waals surface area contributed by atoms with Gasteiger partial charge in [0.25, 0.3) is 0 Å². The Labute approximate surface area is 102 Å². The molecule has 1 heterocycles. The van der Waals surface area contributed by atoms with Gasteiger partial charge in [-0.25, -0.2) is 0 Å². The van der Waals surface area contributed by atoms with E-state index < -0.39 is 0 Å². The van der Waals surface area contributed by atoms with Crippen LogP contribution in [0.5, 0.6) is 0 Å². The predicted octanol–water partition coefficient (Wildman–Crippen LogP) is 2.36. The van der Waals surface area contributed by atoms with Gasteiger partial charge in [0.15, 0.2) is 0 Å². The van der Waals surface area contributed by atoms with E-state index in [9.17, 15) is 0 Å². The number of hydrogen-bond donors (Lipinski definition) is 1. The molecular weight excluding hydrogens is 212 g/mol. The highest BCUT2D eigenvalue weighted by molar-refractivity contribution is 5.89. The number of rotatable bonds is 2. The molecule has 2 bridgehead atoms. The van der Waals surface area contributed by atoms with E-state index >= 15 is 0 Å². The van der Waals surface area contributed by atoms with Crippen molar-refractivity contribution in [3.05, 3.63) is 35.9 Å². The number of piperidine rings is 1. The van der Waals surface area contributed by atoms with E-state index in [0.29, 0.717) is 11.8 Å². The summed E-state index contributed by atoms with van der Waals surface area (Å²) in [6.07, 6.45) is 2.21. The maximum Gasteiger partial charge on any atom is 0.0617 e. The molecule has 0 spiro atoms. The minimum absolute atomic E-state index is 0.488. The highest BCUT2D eigenvalue weighted by Gasteiger charge is 2.37. The van der Waals surface area contributed by atoms with Crippen LogP contribution in [0.25, 0.3) is 0 Å². The Morgan fingerprint density at radius 2 is 2.06 bits per heavy atom. The number of hydrogen-bond acceptors (Lipinski definition) is 3. The van der Waals surface area contributed by atoms with Gasteiger partial charge in [-0.15, -0.1) is 0 Å². The Balaban J connectivity index is 1.68. The van der Waals surface area contributed by atoms with Gasteiger partial charge < -0.3 is 5.21 Å². The van der Waals surface area contributed by atoms with Crippen molar-refractivity contribution < 1.29 is 5.21 Å². The lowest BCUT2D eigenvalue weighted by atomic mass is 9.98. The summed E-state index contributed by atoms with van der Waals surface area (Å²) < 4.78 is 0. The molecule has 1 aromatic carbocycles. The van der Waals surface area contributed by atoms with Crippen molar-refractivity contribution in [1.82, 2.24) is 4.90 Å². The molecular formula is C14H18N2O. The zero-order chi connectivity index (χ0) is 11.7. The van der Waals surface area contributed by atoms with Crippen molar-refractivity contribution in [3.63, 3.8) is 0 Å². The summed E-state index contributed by atoms with van der Waals surface area (Å²) in [7, 11) is 0. The fraction of sp³-hybridized carbons (Fsp3) is 0.500. The van der Waals surface area contributed by atoms with E-state index in [1.54, 1.807) is 0 Å².